The lowest BCUT2D eigenvalue weighted by Gasteiger charge is -2.33. The van der Waals surface area contributed by atoms with Crippen LogP contribution in [0.4, 0.5) is 0 Å². The molecule has 0 radical (unpaired) electrons. The molecule has 0 aliphatic rings. The molecular weight excluding hydrogens is 544 g/mol. The Kier molecular flexibility index (Phi) is 15.4. The Morgan fingerprint density at radius 3 is 1.60 bits per heavy atom. The summed E-state index contributed by atoms with van der Waals surface area (Å²) < 4.78 is 0. The zero-order chi connectivity index (χ0) is 33.4. The maximum absolute atomic E-state index is 11.6. The topological polar surface area (TPSA) is 20.2 Å². The van der Waals surface area contributed by atoms with E-state index in [4.69, 9.17) is 0 Å². The van der Waals surface area contributed by atoms with E-state index in [1.165, 1.54) is 34.3 Å². The molecule has 0 aliphatic carbocycles. The molecule has 238 valence electrons. The summed E-state index contributed by atoms with van der Waals surface area (Å²) in [5.41, 5.74) is 7.92. The van der Waals surface area contributed by atoms with Gasteiger partial charge < -0.3 is 5.11 Å². The van der Waals surface area contributed by atoms with Crippen molar-refractivity contribution in [3.05, 3.63) is 174 Å². The number of hydrogen-bond acceptors (Lipinski definition) is 1. The van der Waals surface area contributed by atoms with E-state index >= 15 is 0 Å². The SMILES string of the molecule is C=C/C=C(\C=C/C)C(C)(CC)c1cc(C(C)c2ccccc2)c(O)c(C(C)c2ccccc2)c1.C=C/C=C(\C=C/C)C(C)CC. The van der Waals surface area contributed by atoms with E-state index < -0.39 is 0 Å². The van der Waals surface area contributed by atoms with Crippen molar-refractivity contribution in [2.24, 2.45) is 5.92 Å². The molecule has 0 spiro atoms. The standard InChI is InChI=1S/C33H38O.C11H18/c1-7-16-28(17-8-2)33(6,9-3)29-22-30(24(4)26-18-12-10-13-19-26)32(34)31(23-29)25(5)27-20-14-11-15-21-27;1-5-8-11(9-6-2)10(4)7-3/h7-8,10-25,34H,1,9H2,2-6H3;5-6,8-10H,1,7H2,2-4H3/b17-8-,28-16+;9-6-,11-8+. The Morgan fingerprint density at radius 1 is 0.756 bits per heavy atom. The van der Waals surface area contributed by atoms with Crippen LogP contribution in [0.25, 0.3) is 0 Å². The molecule has 0 aromatic heterocycles. The lowest BCUT2D eigenvalue weighted by atomic mass is 9.71. The minimum absolute atomic E-state index is 0.0672. The molecule has 0 fully saturated rings. The number of allylic oxidation sites excluding steroid dienone is 10. The number of hydrogen-bond donors (Lipinski definition) is 1. The summed E-state index contributed by atoms with van der Waals surface area (Å²) >= 11 is 0. The largest absolute Gasteiger partial charge is 0.507 e. The summed E-state index contributed by atoms with van der Waals surface area (Å²) in [6, 6.07) is 25.3. The Labute approximate surface area is 275 Å². The van der Waals surface area contributed by atoms with E-state index in [0.29, 0.717) is 11.7 Å². The van der Waals surface area contributed by atoms with E-state index in [1.807, 2.05) is 31.2 Å². The second-order valence-corrected chi connectivity index (χ2v) is 12.0. The Hall–Kier alpha value is -4.10. The van der Waals surface area contributed by atoms with Gasteiger partial charge in [-0.15, -0.1) is 0 Å². The Balaban J connectivity index is 0.000000547. The monoisotopic (exact) mass is 600 g/mol. The maximum Gasteiger partial charge on any atom is 0.123 e. The highest BCUT2D eigenvalue weighted by atomic mass is 16.3. The zero-order valence-corrected chi connectivity index (χ0v) is 29.1. The van der Waals surface area contributed by atoms with Gasteiger partial charge in [-0.05, 0) is 60.4 Å². The summed E-state index contributed by atoms with van der Waals surface area (Å²) in [4.78, 5) is 0. The predicted molar refractivity (Wildman–Crippen MR) is 199 cm³/mol. The zero-order valence-electron chi connectivity index (χ0n) is 29.1. The third kappa shape index (κ3) is 9.69. The molecule has 0 saturated heterocycles. The van der Waals surface area contributed by atoms with Crippen LogP contribution in [0.2, 0.25) is 0 Å². The van der Waals surface area contributed by atoms with Crippen LogP contribution >= 0.6 is 0 Å². The number of rotatable bonds is 13. The fourth-order valence-corrected chi connectivity index (χ4v) is 5.75. The first-order valence-corrected chi connectivity index (χ1v) is 16.5. The molecule has 0 aliphatic heterocycles. The highest BCUT2D eigenvalue weighted by molar-refractivity contribution is 5.55. The molecule has 4 atom stereocenters. The average molecular weight is 601 g/mol. The first-order valence-electron chi connectivity index (χ1n) is 16.5. The second kappa shape index (κ2) is 18.6. The summed E-state index contributed by atoms with van der Waals surface area (Å²) in [5, 5.41) is 11.6. The van der Waals surface area contributed by atoms with E-state index in [2.05, 4.69) is 159 Å². The number of benzene rings is 3. The molecule has 0 amide bonds. The molecule has 45 heavy (non-hydrogen) atoms. The van der Waals surface area contributed by atoms with Crippen molar-refractivity contribution >= 4 is 0 Å². The van der Waals surface area contributed by atoms with Crippen molar-refractivity contribution in [2.45, 2.75) is 85.5 Å². The molecule has 3 aromatic carbocycles. The molecule has 0 heterocycles. The van der Waals surface area contributed by atoms with Gasteiger partial charge >= 0.3 is 0 Å². The molecule has 4 unspecified atom stereocenters. The summed E-state index contributed by atoms with van der Waals surface area (Å²) in [6.07, 6.45) is 18.5. The average Bonchev–Trinajstić information content (AvgIpc) is 3.08. The summed E-state index contributed by atoms with van der Waals surface area (Å²) in [6.45, 7) is 25.1. The van der Waals surface area contributed by atoms with Crippen molar-refractivity contribution in [1.82, 2.24) is 0 Å². The lowest BCUT2D eigenvalue weighted by molar-refractivity contribution is 0.454. The van der Waals surface area contributed by atoms with Crippen LogP contribution in [0.3, 0.4) is 0 Å². The van der Waals surface area contributed by atoms with Crippen LogP contribution in [0.15, 0.2) is 146 Å². The van der Waals surface area contributed by atoms with Gasteiger partial charge in [-0.3, -0.25) is 0 Å². The van der Waals surface area contributed by atoms with Crippen LogP contribution in [0, 0.1) is 5.92 Å². The first-order chi connectivity index (χ1) is 21.6. The normalized spacial score (nSPS) is 15.6. The van der Waals surface area contributed by atoms with Crippen molar-refractivity contribution in [3.63, 3.8) is 0 Å². The number of phenolic OH excluding ortho intramolecular Hbond substituents is 1. The molecule has 1 nitrogen and oxygen atoms in total. The van der Waals surface area contributed by atoms with Crippen LogP contribution in [-0.2, 0) is 5.41 Å². The first kappa shape index (κ1) is 37.1. The fraction of sp³-hybridized carbons (Fsp3) is 0.318. The van der Waals surface area contributed by atoms with Crippen LogP contribution in [0.1, 0.15) is 108 Å². The number of phenols is 1. The van der Waals surface area contributed by atoms with Gasteiger partial charge in [-0.2, -0.15) is 0 Å². The van der Waals surface area contributed by atoms with Gasteiger partial charge in [-0.25, -0.2) is 0 Å². The summed E-state index contributed by atoms with van der Waals surface area (Å²) in [5.74, 6) is 1.18. The minimum atomic E-state index is -0.218. The number of aromatic hydroxyl groups is 1. The highest BCUT2D eigenvalue weighted by Gasteiger charge is 2.31. The fourth-order valence-electron chi connectivity index (χ4n) is 5.75. The predicted octanol–water partition coefficient (Wildman–Crippen LogP) is 12.8. The smallest absolute Gasteiger partial charge is 0.123 e. The van der Waals surface area contributed by atoms with Crippen molar-refractivity contribution in [1.29, 1.82) is 0 Å². The molecule has 0 bridgehead atoms. The lowest BCUT2D eigenvalue weighted by Crippen LogP contribution is -2.24. The highest BCUT2D eigenvalue weighted by Crippen LogP contribution is 2.45. The minimum Gasteiger partial charge on any atom is -0.507 e. The maximum atomic E-state index is 11.6. The Bertz CT molecular complexity index is 1400. The van der Waals surface area contributed by atoms with Gasteiger partial charge in [-0.1, -0.05) is 176 Å². The van der Waals surface area contributed by atoms with Crippen LogP contribution < -0.4 is 0 Å². The molecular formula is C44H56O. The third-order valence-electron chi connectivity index (χ3n) is 9.18. The Morgan fingerprint density at radius 2 is 1.22 bits per heavy atom. The van der Waals surface area contributed by atoms with Gasteiger partial charge in [0.05, 0.1) is 0 Å². The molecule has 1 heteroatoms. The molecule has 1 N–H and O–H groups in total. The third-order valence-corrected chi connectivity index (χ3v) is 9.18. The van der Waals surface area contributed by atoms with Gasteiger partial charge in [0.25, 0.3) is 0 Å². The van der Waals surface area contributed by atoms with Crippen LogP contribution in [0.5, 0.6) is 5.75 Å². The second-order valence-electron chi connectivity index (χ2n) is 12.0. The molecule has 3 rings (SSSR count). The van der Waals surface area contributed by atoms with Crippen molar-refractivity contribution < 1.29 is 5.11 Å². The van der Waals surface area contributed by atoms with E-state index in [0.717, 1.165) is 17.5 Å². The van der Waals surface area contributed by atoms with E-state index in [1.54, 1.807) is 0 Å². The molecule has 3 aromatic rings. The van der Waals surface area contributed by atoms with Crippen LogP contribution in [-0.4, -0.2) is 5.11 Å². The van der Waals surface area contributed by atoms with Crippen molar-refractivity contribution in [2.75, 3.05) is 0 Å². The molecule has 0 saturated carbocycles. The van der Waals surface area contributed by atoms with Crippen molar-refractivity contribution in [3.8, 4) is 5.75 Å². The van der Waals surface area contributed by atoms with Gasteiger partial charge in [0.15, 0.2) is 0 Å². The summed E-state index contributed by atoms with van der Waals surface area (Å²) in [7, 11) is 0. The van der Waals surface area contributed by atoms with E-state index in [-0.39, 0.29) is 17.3 Å². The van der Waals surface area contributed by atoms with Gasteiger partial charge in [0.2, 0.25) is 0 Å². The van der Waals surface area contributed by atoms with Gasteiger partial charge in [0, 0.05) is 28.4 Å². The quantitative estimate of drug-likeness (QED) is 0.193. The van der Waals surface area contributed by atoms with E-state index in [9.17, 15) is 5.11 Å². The van der Waals surface area contributed by atoms with Gasteiger partial charge in [0.1, 0.15) is 5.75 Å².